The zero-order valence-electron chi connectivity index (χ0n) is 11.7. The van der Waals surface area contributed by atoms with Crippen molar-refractivity contribution in [1.82, 2.24) is 10.3 Å². The van der Waals surface area contributed by atoms with Gasteiger partial charge in [0, 0.05) is 24.5 Å². The largest absolute Gasteiger partial charge is 0.348 e. The molecule has 0 saturated carbocycles. The van der Waals surface area contributed by atoms with Crippen LogP contribution in [0.1, 0.15) is 38.3 Å². The molecule has 0 aliphatic heterocycles. The van der Waals surface area contributed by atoms with Gasteiger partial charge in [-0.15, -0.1) is 11.3 Å². The minimum absolute atomic E-state index is 0.677. The van der Waals surface area contributed by atoms with E-state index in [0.29, 0.717) is 5.92 Å². The van der Waals surface area contributed by atoms with Gasteiger partial charge in [0.15, 0.2) is 5.13 Å². The zero-order valence-corrected chi connectivity index (χ0v) is 12.5. The fourth-order valence-corrected chi connectivity index (χ4v) is 3.10. The van der Waals surface area contributed by atoms with Gasteiger partial charge in [0.25, 0.3) is 0 Å². The summed E-state index contributed by atoms with van der Waals surface area (Å²) in [5.41, 5.74) is 1.25. The van der Waals surface area contributed by atoms with E-state index in [1.54, 1.807) is 0 Å². The first-order chi connectivity index (χ1) is 8.12. The van der Waals surface area contributed by atoms with Crippen LogP contribution in [0.25, 0.3) is 0 Å². The lowest BCUT2D eigenvalue weighted by molar-refractivity contribution is 0.617. The van der Waals surface area contributed by atoms with E-state index in [1.807, 2.05) is 18.4 Å². The van der Waals surface area contributed by atoms with Gasteiger partial charge >= 0.3 is 0 Å². The molecule has 98 valence electrons. The molecule has 0 fully saturated rings. The number of nitrogens with one attached hydrogen (secondary N) is 1. The lowest BCUT2D eigenvalue weighted by Crippen LogP contribution is -2.27. The Balaban J connectivity index is 2.88. The molecule has 0 amide bonds. The molecule has 1 rings (SSSR count). The van der Waals surface area contributed by atoms with Gasteiger partial charge in [-0.05, 0) is 26.3 Å². The van der Waals surface area contributed by atoms with E-state index < -0.39 is 0 Å². The summed E-state index contributed by atoms with van der Waals surface area (Å²) in [6.45, 7) is 11.9. The van der Waals surface area contributed by atoms with Crippen LogP contribution >= 0.6 is 11.3 Å². The highest BCUT2D eigenvalue weighted by Gasteiger charge is 2.14. The lowest BCUT2D eigenvalue weighted by Gasteiger charge is -2.21. The number of nitrogens with zero attached hydrogens (tertiary/aromatic N) is 2. The van der Waals surface area contributed by atoms with Crippen LogP contribution in [0.15, 0.2) is 0 Å². The van der Waals surface area contributed by atoms with Crippen molar-refractivity contribution < 1.29 is 0 Å². The number of aryl methyl sites for hydroxylation is 1. The van der Waals surface area contributed by atoms with Crippen molar-refractivity contribution >= 4 is 16.5 Å². The average molecular weight is 255 g/mol. The molecule has 0 spiro atoms. The zero-order chi connectivity index (χ0) is 12.8. The highest BCUT2D eigenvalue weighted by Crippen LogP contribution is 2.27. The van der Waals surface area contributed by atoms with Crippen LogP contribution in [0.5, 0.6) is 0 Å². The second-order valence-corrected chi connectivity index (χ2v) is 5.74. The Hall–Kier alpha value is -0.610. The smallest absolute Gasteiger partial charge is 0.185 e. The molecule has 0 aromatic carbocycles. The minimum Gasteiger partial charge on any atom is -0.348 e. The van der Waals surface area contributed by atoms with Crippen LogP contribution in [-0.4, -0.2) is 25.1 Å². The molecular weight excluding hydrogens is 230 g/mol. The number of rotatable bonds is 7. The first-order valence-electron chi connectivity index (χ1n) is 6.50. The first-order valence-corrected chi connectivity index (χ1v) is 7.32. The summed E-state index contributed by atoms with van der Waals surface area (Å²) in [5.74, 6) is 0.677. The Morgan fingerprint density at radius 3 is 2.53 bits per heavy atom. The lowest BCUT2D eigenvalue weighted by atomic mass is 10.2. The van der Waals surface area contributed by atoms with E-state index in [4.69, 9.17) is 4.98 Å². The van der Waals surface area contributed by atoms with Crippen molar-refractivity contribution in [1.29, 1.82) is 0 Å². The normalized spacial score (nSPS) is 11.2. The summed E-state index contributed by atoms with van der Waals surface area (Å²) < 4.78 is 0. The predicted molar refractivity (Wildman–Crippen MR) is 77.0 cm³/mol. The number of aromatic nitrogens is 1. The van der Waals surface area contributed by atoms with E-state index in [9.17, 15) is 0 Å². The number of anilines is 1. The monoisotopic (exact) mass is 255 g/mol. The maximum Gasteiger partial charge on any atom is 0.185 e. The molecule has 1 heterocycles. The van der Waals surface area contributed by atoms with E-state index in [0.717, 1.165) is 26.1 Å². The second kappa shape index (κ2) is 6.97. The van der Waals surface area contributed by atoms with E-state index >= 15 is 0 Å². The molecule has 0 aliphatic rings. The molecule has 4 heteroatoms. The molecular formula is C13H25N3S. The van der Waals surface area contributed by atoms with E-state index in [2.05, 4.69) is 37.9 Å². The van der Waals surface area contributed by atoms with Crippen molar-refractivity contribution in [3.8, 4) is 0 Å². The molecule has 0 saturated heterocycles. The molecule has 1 aromatic heterocycles. The fourth-order valence-electron chi connectivity index (χ4n) is 1.86. The van der Waals surface area contributed by atoms with Gasteiger partial charge in [-0.25, -0.2) is 4.98 Å². The third-order valence-corrected chi connectivity index (χ3v) is 3.84. The molecule has 1 N–H and O–H groups in total. The SMILES string of the molecule is CCc1nc(N(CC)CC(C)C)sc1CNC. The van der Waals surface area contributed by atoms with E-state index in [-0.39, 0.29) is 0 Å². The van der Waals surface area contributed by atoms with Crippen LogP contribution < -0.4 is 10.2 Å². The minimum atomic E-state index is 0.677. The molecule has 1 aromatic rings. The van der Waals surface area contributed by atoms with Crippen molar-refractivity contribution in [3.05, 3.63) is 10.6 Å². The Labute approximate surface area is 109 Å². The Bertz CT molecular complexity index is 333. The van der Waals surface area contributed by atoms with Crippen LogP contribution in [0.4, 0.5) is 5.13 Å². The van der Waals surface area contributed by atoms with E-state index in [1.165, 1.54) is 15.7 Å². The van der Waals surface area contributed by atoms with Crippen LogP contribution in [0, 0.1) is 5.92 Å². The number of hydrogen-bond acceptors (Lipinski definition) is 4. The maximum atomic E-state index is 4.78. The molecule has 0 atom stereocenters. The summed E-state index contributed by atoms with van der Waals surface area (Å²) >= 11 is 1.84. The van der Waals surface area contributed by atoms with Crippen LogP contribution in [-0.2, 0) is 13.0 Å². The van der Waals surface area contributed by atoms with Gasteiger partial charge in [-0.1, -0.05) is 20.8 Å². The molecule has 0 unspecified atom stereocenters. The fraction of sp³-hybridized carbons (Fsp3) is 0.769. The van der Waals surface area contributed by atoms with Gasteiger partial charge in [-0.2, -0.15) is 0 Å². The Morgan fingerprint density at radius 2 is 2.06 bits per heavy atom. The van der Waals surface area contributed by atoms with Crippen molar-refractivity contribution in [2.45, 2.75) is 40.7 Å². The Morgan fingerprint density at radius 1 is 1.35 bits per heavy atom. The predicted octanol–water partition coefficient (Wildman–Crippen LogP) is 2.91. The third kappa shape index (κ3) is 3.96. The topological polar surface area (TPSA) is 28.2 Å². The van der Waals surface area contributed by atoms with Gasteiger partial charge in [0.05, 0.1) is 5.69 Å². The molecule has 0 radical (unpaired) electrons. The number of hydrogen-bond donors (Lipinski definition) is 1. The standard InChI is InChI=1S/C13H25N3S/c1-6-11-12(8-14-5)17-13(15-11)16(7-2)9-10(3)4/h10,14H,6-9H2,1-5H3. The highest BCUT2D eigenvalue weighted by atomic mass is 32.1. The molecule has 0 bridgehead atoms. The summed E-state index contributed by atoms with van der Waals surface area (Å²) in [4.78, 5) is 8.54. The summed E-state index contributed by atoms with van der Waals surface area (Å²) in [6, 6.07) is 0. The van der Waals surface area contributed by atoms with Crippen molar-refractivity contribution in [2.24, 2.45) is 5.92 Å². The third-order valence-electron chi connectivity index (χ3n) is 2.68. The Kier molecular flexibility index (Phi) is 5.92. The quantitative estimate of drug-likeness (QED) is 0.812. The average Bonchev–Trinajstić information content (AvgIpc) is 2.69. The van der Waals surface area contributed by atoms with Gasteiger partial charge in [0.1, 0.15) is 0 Å². The maximum absolute atomic E-state index is 4.78. The summed E-state index contributed by atoms with van der Waals surface area (Å²) in [7, 11) is 1.99. The van der Waals surface area contributed by atoms with Crippen molar-refractivity contribution in [2.75, 3.05) is 25.0 Å². The van der Waals surface area contributed by atoms with Crippen LogP contribution in [0.3, 0.4) is 0 Å². The second-order valence-electron chi connectivity index (χ2n) is 4.68. The van der Waals surface area contributed by atoms with Gasteiger partial charge in [0.2, 0.25) is 0 Å². The molecule has 3 nitrogen and oxygen atoms in total. The van der Waals surface area contributed by atoms with Gasteiger partial charge in [-0.3, -0.25) is 0 Å². The molecule has 0 aliphatic carbocycles. The van der Waals surface area contributed by atoms with Crippen molar-refractivity contribution in [3.63, 3.8) is 0 Å². The first kappa shape index (κ1) is 14.5. The molecule has 17 heavy (non-hydrogen) atoms. The van der Waals surface area contributed by atoms with Gasteiger partial charge < -0.3 is 10.2 Å². The highest BCUT2D eigenvalue weighted by molar-refractivity contribution is 7.15. The summed E-state index contributed by atoms with van der Waals surface area (Å²) in [5, 5.41) is 4.41. The summed E-state index contributed by atoms with van der Waals surface area (Å²) in [6.07, 6.45) is 1.02. The van der Waals surface area contributed by atoms with Crippen LogP contribution in [0.2, 0.25) is 0 Å². The number of thiazole rings is 1.